The summed E-state index contributed by atoms with van der Waals surface area (Å²) in [6.45, 7) is 0.922. The average Bonchev–Trinajstić information content (AvgIpc) is 2.29. The fourth-order valence-corrected chi connectivity index (χ4v) is 1.67. The van der Waals surface area contributed by atoms with E-state index < -0.39 is 0 Å². The van der Waals surface area contributed by atoms with Crippen molar-refractivity contribution < 1.29 is 10.4 Å². The zero-order valence-corrected chi connectivity index (χ0v) is 11.5. The van der Waals surface area contributed by atoms with Crippen molar-refractivity contribution in [2.45, 2.75) is 17.5 Å². The quantitative estimate of drug-likeness (QED) is 0.365. The van der Waals surface area contributed by atoms with E-state index in [0.717, 1.165) is 19.4 Å². The van der Waals surface area contributed by atoms with E-state index in [2.05, 4.69) is 25.3 Å². The number of aryl methyl sites for hydroxylation is 1. The molecule has 17 heavy (non-hydrogen) atoms. The number of nitrogens with zero attached hydrogens (tertiary/aromatic N) is 2. The highest BCUT2D eigenvalue weighted by Gasteiger charge is 2.04. The zero-order valence-electron chi connectivity index (χ0n) is 9.69. The summed E-state index contributed by atoms with van der Waals surface area (Å²) in [7, 11) is 1.98. The first kappa shape index (κ1) is 14.7. The highest BCUT2D eigenvalue weighted by molar-refractivity contribution is 7.99. The molecule has 0 saturated heterocycles. The van der Waals surface area contributed by atoms with E-state index in [-0.39, 0.29) is 9.93 Å². The van der Waals surface area contributed by atoms with Crippen molar-refractivity contribution in [3.05, 3.63) is 29.8 Å². The molecule has 6 heteroatoms. The Morgan fingerprint density at radius 1 is 1.18 bits per heavy atom. The number of benzene rings is 1. The highest BCUT2D eigenvalue weighted by atomic mass is 32.2. The minimum absolute atomic E-state index is 0.0327. The van der Waals surface area contributed by atoms with Crippen molar-refractivity contribution >= 4 is 30.9 Å². The highest BCUT2D eigenvalue weighted by Crippen LogP contribution is 2.14. The van der Waals surface area contributed by atoms with Crippen LogP contribution in [0.2, 0.25) is 0 Å². The molecule has 1 rings (SSSR count). The largest absolute Gasteiger partial charge is 0.287 e. The first-order valence-electron chi connectivity index (χ1n) is 5.34. The van der Waals surface area contributed by atoms with Gasteiger partial charge in [-0.15, -0.1) is 30.5 Å². The SMILES string of the molecule is CN(CCCc1ccc(N(O)O)cc1)C(S)S. The molecule has 0 aromatic heterocycles. The van der Waals surface area contributed by atoms with Gasteiger partial charge in [-0.3, -0.25) is 15.3 Å². The van der Waals surface area contributed by atoms with Crippen molar-refractivity contribution in [2.24, 2.45) is 0 Å². The predicted molar refractivity (Wildman–Crippen MR) is 75.2 cm³/mol. The van der Waals surface area contributed by atoms with E-state index in [9.17, 15) is 0 Å². The van der Waals surface area contributed by atoms with E-state index in [1.807, 2.05) is 24.1 Å². The lowest BCUT2D eigenvalue weighted by Crippen LogP contribution is -2.24. The molecule has 1 aromatic carbocycles. The number of hydrogen-bond donors (Lipinski definition) is 4. The Kier molecular flexibility index (Phi) is 6.15. The molecule has 0 aliphatic carbocycles. The van der Waals surface area contributed by atoms with Crippen LogP contribution in [0.25, 0.3) is 0 Å². The molecule has 1 aromatic rings. The molecular weight excluding hydrogens is 256 g/mol. The molecule has 0 saturated carbocycles. The maximum atomic E-state index is 8.79. The minimum Gasteiger partial charge on any atom is -0.287 e. The van der Waals surface area contributed by atoms with Gasteiger partial charge in [-0.2, -0.15) is 0 Å². The maximum Gasteiger partial charge on any atom is 0.0967 e. The van der Waals surface area contributed by atoms with Gasteiger partial charge in [0.05, 0.1) is 10.4 Å². The molecular formula is C11H18N2O2S2. The molecule has 0 spiro atoms. The van der Waals surface area contributed by atoms with Crippen molar-refractivity contribution in [3.63, 3.8) is 0 Å². The Hall–Kier alpha value is -0.400. The molecule has 0 unspecified atom stereocenters. The molecule has 4 nitrogen and oxygen atoms in total. The van der Waals surface area contributed by atoms with Gasteiger partial charge in [0.1, 0.15) is 0 Å². The van der Waals surface area contributed by atoms with E-state index in [0.29, 0.717) is 5.69 Å². The standard InChI is InChI=1S/C11H18N2O2S2/c1-12(11(16)17)8-2-3-9-4-6-10(7-5-9)13(14)15/h4-7,11,14-17H,2-3,8H2,1H3. The van der Waals surface area contributed by atoms with Gasteiger partial charge in [-0.05, 0) is 44.1 Å². The number of rotatable bonds is 6. The van der Waals surface area contributed by atoms with Gasteiger partial charge in [0, 0.05) is 0 Å². The van der Waals surface area contributed by atoms with Gasteiger partial charge in [0.2, 0.25) is 0 Å². The van der Waals surface area contributed by atoms with Crippen molar-refractivity contribution in [1.29, 1.82) is 0 Å². The van der Waals surface area contributed by atoms with Crippen LogP contribution in [0.3, 0.4) is 0 Å². The Balaban J connectivity index is 2.37. The molecule has 0 aliphatic rings. The predicted octanol–water partition coefficient (Wildman–Crippen LogP) is 2.28. The normalized spacial score (nSPS) is 11.2. The van der Waals surface area contributed by atoms with Crippen LogP contribution in [-0.4, -0.2) is 33.6 Å². The lowest BCUT2D eigenvalue weighted by molar-refractivity contribution is 0.0291. The molecule has 0 atom stereocenters. The molecule has 0 radical (unpaired) electrons. The number of hydrogen-bond acceptors (Lipinski definition) is 6. The summed E-state index contributed by atoms with van der Waals surface area (Å²) in [5.74, 6) is 0. The summed E-state index contributed by atoms with van der Waals surface area (Å²) < 4.78 is -0.0327. The summed E-state index contributed by atoms with van der Waals surface area (Å²) in [4.78, 5) is 2.05. The van der Waals surface area contributed by atoms with Crippen LogP contribution in [-0.2, 0) is 6.42 Å². The van der Waals surface area contributed by atoms with Crippen LogP contribution in [0.15, 0.2) is 24.3 Å². The van der Waals surface area contributed by atoms with Crippen molar-refractivity contribution in [1.82, 2.24) is 4.90 Å². The third kappa shape index (κ3) is 5.18. The first-order valence-corrected chi connectivity index (χ1v) is 6.37. The van der Waals surface area contributed by atoms with Crippen LogP contribution >= 0.6 is 25.3 Å². The summed E-state index contributed by atoms with van der Waals surface area (Å²) in [6, 6.07) is 7.10. The average molecular weight is 274 g/mol. The summed E-state index contributed by atoms with van der Waals surface area (Å²) in [5.41, 5.74) is 1.52. The van der Waals surface area contributed by atoms with Crippen molar-refractivity contribution in [2.75, 3.05) is 18.8 Å². The molecule has 2 N–H and O–H groups in total. The molecule has 0 fully saturated rings. The fourth-order valence-electron chi connectivity index (χ4n) is 1.44. The molecule has 0 amide bonds. The lowest BCUT2D eigenvalue weighted by Gasteiger charge is -2.19. The Bertz CT molecular complexity index is 331. The first-order chi connectivity index (χ1) is 8.00. The number of anilines is 1. The van der Waals surface area contributed by atoms with Gasteiger partial charge in [-0.1, -0.05) is 12.1 Å². The van der Waals surface area contributed by atoms with Crippen LogP contribution in [0.5, 0.6) is 0 Å². The summed E-state index contributed by atoms with van der Waals surface area (Å²) in [6.07, 6.45) is 1.95. The van der Waals surface area contributed by atoms with Gasteiger partial charge >= 0.3 is 0 Å². The van der Waals surface area contributed by atoms with Gasteiger partial charge in [0.25, 0.3) is 0 Å². The summed E-state index contributed by atoms with van der Waals surface area (Å²) in [5, 5.41) is 17.7. The smallest absolute Gasteiger partial charge is 0.0967 e. The zero-order chi connectivity index (χ0) is 12.8. The Labute approximate surface area is 113 Å². The van der Waals surface area contributed by atoms with E-state index in [1.165, 1.54) is 5.56 Å². The summed E-state index contributed by atoms with van der Waals surface area (Å²) >= 11 is 8.44. The fraction of sp³-hybridized carbons (Fsp3) is 0.455. The third-order valence-corrected chi connectivity index (χ3v) is 3.33. The molecule has 0 bridgehead atoms. The monoisotopic (exact) mass is 274 g/mol. The van der Waals surface area contributed by atoms with Crippen LogP contribution < -0.4 is 5.23 Å². The topological polar surface area (TPSA) is 46.9 Å². The number of thiol groups is 2. The Morgan fingerprint density at radius 2 is 1.76 bits per heavy atom. The third-order valence-electron chi connectivity index (χ3n) is 2.54. The molecule has 0 aliphatic heterocycles. The van der Waals surface area contributed by atoms with Crippen LogP contribution in [0.4, 0.5) is 5.69 Å². The second kappa shape index (κ2) is 7.13. The second-order valence-electron chi connectivity index (χ2n) is 3.89. The lowest BCUT2D eigenvalue weighted by atomic mass is 10.1. The molecule has 96 valence electrons. The van der Waals surface area contributed by atoms with Gasteiger partial charge < -0.3 is 0 Å². The van der Waals surface area contributed by atoms with Gasteiger partial charge in [-0.25, -0.2) is 0 Å². The van der Waals surface area contributed by atoms with Crippen LogP contribution in [0.1, 0.15) is 12.0 Å². The van der Waals surface area contributed by atoms with E-state index in [1.54, 1.807) is 12.1 Å². The molecule has 0 heterocycles. The van der Waals surface area contributed by atoms with Crippen molar-refractivity contribution in [3.8, 4) is 0 Å². The minimum atomic E-state index is -0.0327. The maximum absolute atomic E-state index is 8.79. The van der Waals surface area contributed by atoms with E-state index in [4.69, 9.17) is 10.4 Å². The van der Waals surface area contributed by atoms with E-state index >= 15 is 0 Å². The Morgan fingerprint density at radius 3 is 2.24 bits per heavy atom. The second-order valence-corrected chi connectivity index (χ2v) is 5.27. The van der Waals surface area contributed by atoms with Crippen LogP contribution in [0, 0.1) is 0 Å². The van der Waals surface area contributed by atoms with Gasteiger partial charge in [0.15, 0.2) is 0 Å².